The molecular weight excluding hydrogens is 661 g/mol. The van der Waals surface area contributed by atoms with Gasteiger partial charge in [0, 0.05) is 32.7 Å². The van der Waals surface area contributed by atoms with E-state index in [1.165, 1.54) is 43.0 Å². The number of hydrogen-bond donors (Lipinski definition) is 0. The lowest BCUT2D eigenvalue weighted by molar-refractivity contribution is 0.669. The fourth-order valence-corrected chi connectivity index (χ4v) is 13.4. The van der Waals surface area contributed by atoms with Crippen LogP contribution in [0.4, 0.5) is 0 Å². The number of rotatable bonds is 6. The van der Waals surface area contributed by atoms with Gasteiger partial charge in [-0.05, 0) is 69.0 Å². The van der Waals surface area contributed by atoms with Gasteiger partial charge in [-0.1, -0.05) is 170 Å². The standard InChI is InChI=1S/C50H36O2Si/c1-33-15-9-11-21-39(33)41-23-13-25-43-45-31-37(27-29-47(45)51-49(41)43)53(35-17-5-3-6-18-35,36-19-7-4-8-20-36)38-28-30-48-46(32-38)44-26-14-24-42(50(44)52-48)40-22-12-10-16-34(40)2/h3-32H,1-2H3. The van der Waals surface area contributed by atoms with Crippen molar-refractivity contribution in [1.82, 2.24) is 0 Å². The van der Waals surface area contributed by atoms with Gasteiger partial charge in [0.25, 0.3) is 0 Å². The minimum atomic E-state index is -2.91. The zero-order chi connectivity index (χ0) is 35.5. The number of hydrogen-bond acceptors (Lipinski definition) is 2. The molecule has 3 heteroatoms. The lowest BCUT2D eigenvalue weighted by atomic mass is 9.98. The lowest BCUT2D eigenvalue weighted by Crippen LogP contribution is -2.74. The van der Waals surface area contributed by atoms with Crippen molar-refractivity contribution in [2.24, 2.45) is 0 Å². The first-order valence-corrected chi connectivity index (χ1v) is 20.3. The Morgan fingerprint density at radius 3 is 1.15 bits per heavy atom. The molecule has 252 valence electrons. The Bertz CT molecular complexity index is 2770. The molecule has 0 saturated carbocycles. The second-order valence-corrected chi connectivity index (χ2v) is 17.9. The van der Waals surface area contributed by atoms with Gasteiger partial charge < -0.3 is 8.83 Å². The Labute approximate surface area is 309 Å². The van der Waals surface area contributed by atoms with Gasteiger partial charge in [-0.2, -0.15) is 0 Å². The maximum atomic E-state index is 6.73. The molecule has 0 bridgehead atoms. The van der Waals surface area contributed by atoms with Gasteiger partial charge in [0.15, 0.2) is 8.07 Å². The molecule has 0 saturated heterocycles. The van der Waals surface area contributed by atoms with Crippen molar-refractivity contribution in [2.75, 3.05) is 0 Å². The van der Waals surface area contributed by atoms with Crippen molar-refractivity contribution in [1.29, 1.82) is 0 Å². The average molecular weight is 697 g/mol. The molecule has 53 heavy (non-hydrogen) atoms. The highest BCUT2D eigenvalue weighted by Gasteiger charge is 2.42. The van der Waals surface area contributed by atoms with Crippen molar-refractivity contribution in [2.45, 2.75) is 13.8 Å². The van der Waals surface area contributed by atoms with Crippen LogP contribution in [-0.4, -0.2) is 8.07 Å². The van der Waals surface area contributed by atoms with Crippen LogP contribution in [0.15, 0.2) is 191 Å². The van der Waals surface area contributed by atoms with E-state index in [4.69, 9.17) is 8.83 Å². The number of para-hydroxylation sites is 2. The number of furan rings is 2. The van der Waals surface area contributed by atoms with Crippen molar-refractivity contribution >= 4 is 72.7 Å². The van der Waals surface area contributed by atoms with Gasteiger partial charge in [0.05, 0.1) is 0 Å². The molecule has 2 nitrogen and oxygen atoms in total. The lowest BCUT2D eigenvalue weighted by Gasteiger charge is -2.34. The molecule has 0 radical (unpaired) electrons. The quantitative estimate of drug-likeness (QED) is 0.128. The van der Waals surface area contributed by atoms with E-state index >= 15 is 0 Å². The third kappa shape index (κ3) is 4.85. The predicted molar refractivity (Wildman–Crippen MR) is 225 cm³/mol. The summed E-state index contributed by atoms with van der Waals surface area (Å²) in [5, 5.41) is 9.79. The summed E-state index contributed by atoms with van der Waals surface area (Å²) in [6.07, 6.45) is 0. The summed E-state index contributed by atoms with van der Waals surface area (Å²) in [5.74, 6) is 0. The van der Waals surface area contributed by atoms with Gasteiger partial charge in [-0.15, -0.1) is 0 Å². The van der Waals surface area contributed by atoms with Crippen LogP contribution in [0.2, 0.25) is 0 Å². The summed E-state index contributed by atoms with van der Waals surface area (Å²) >= 11 is 0. The highest BCUT2D eigenvalue weighted by atomic mass is 28.3. The maximum absolute atomic E-state index is 6.73. The minimum absolute atomic E-state index is 0.897. The molecule has 0 unspecified atom stereocenters. The largest absolute Gasteiger partial charge is 0.455 e. The van der Waals surface area contributed by atoms with Gasteiger partial charge in [-0.3, -0.25) is 0 Å². The minimum Gasteiger partial charge on any atom is -0.455 e. The molecule has 0 atom stereocenters. The van der Waals surface area contributed by atoms with E-state index in [-0.39, 0.29) is 0 Å². The third-order valence-corrected chi connectivity index (χ3v) is 15.9. The Kier molecular flexibility index (Phi) is 7.31. The molecule has 8 aromatic carbocycles. The molecule has 0 aliphatic rings. The average Bonchev–Trinajstić information content (AvgIpc) is 3.78. The van der Waals surface area contributed by atoms with Crippen LogP contribution in [0.3, 0.4) is 0 Å². The summed E-state index contributed by atoms with van der Waals surface area (Å²) in [7, 11) is -2.91. The van der Waals surface area contributed by atoms with Crippen LogP contribution in [0, 0.1) is 13.8 Å². The fourth-order valence-electron chi connectivity index (χ4n) is 8.61. The highest BCUT2D eigenvalue weighted by molar-refractivity contribution is 7.20. The number of aryl methyl sites for hydroxylation is 2. The Morgan fingerprint density at radius 2 is 0.717 bits per heavy atom. The summed E-state index contributed by atoms with van der Waals surface area (Å²) < 4.78 is 13.5. The van der Waals surface area contributed by atoms with Gasteiger partial charge in [-0.25, -0.2) is 0 Å². The summed E-state index contributed by atoms with van der Waals surface area (Å²) in [5.41, 5.74) is 10.7. The molecular formula is C50H36O2Si. The van der Waals surface area contributed by atoms with Gasteiger partial charge >= 0.3 is 0 Å². The van der Waals surface area contributed by atoms with Crippen molar-refractivity contribution in [3.8, 4) is 22.3 Å². The van der Waals surface area contributed by atoms with E-state index < -0.39 is 8.07 Å². The van der Waals surface area contributed by atoms with E-state index in [0.29, 0.717) is 0 Å². The highest BCUT2D eigenvalue weighted by Crippen LogP contribution is 2.38. The smallest absolute Gasteiger partial charge is 0.179 e. The van der Waals surface area contributed by atoms with Crippen LogP contribution >= 0.6 is 0 Å². The van der Waals surface area contributed by atoms with Crippen molar-refractivity contribution in [3.63, 3.8) is 0 Å². The van der Waals surface area contributed by atoms with E-state index in [9.17, 15) is 0 Å². The summed E-state index contributed by atoms with van der Waals surface area (Å²) in [6.45, 7) is 4.33. The zero-order valence-electron chi connectivity index (χ0n) is 29.6. The Hall–Kier alpha value is -6.42. The topological polar surface area (TPSA) is 26.3 Å². The molecule has 0 N–H and O–H groups in total. The third-order valence-electron chi connectivity index (χ3n) is 11.1. The normalized spacial score (nSPS) is 12.0. The second-order valence-electron chi connectivity index (χ2n) is 14.1. The van der Waals surface area contributed by atoms with E-state index in [1.54, 1.807) is 0 Å². The van der Waals surface area contributed by atoms with Crippen LogP contribution in [-0.2, 0) is 0 Å². The monoisotopic (exact) mass is 696 g/mol. The Morgan fingerprint density at radius 1 is 0.321 bits per heavy atom. The number of benzene rings is 8. The van der Waals surface area contributed by atoms with E-state index in [1.807, 2.05) is 0 Å². The molecule has 10 aromatic rings. The molecule has 0 aliphatic carbocycles. The Balaban J connectivity index is 1.26. The SMILES string of the molecule is Cc1ccccc1-c1cccc2c1oc1ccc([Si](c3ccccc3)(c3ccccc3)c3ccc4oc5c(-c6ccccc6C)cccc5c4c3)cc12. The van der Waals surface area contributed by atoms with E-state index in [0.717, 1.165) is 55.0 Å². The predicted octanol–water partition coefficient (Wildman–Crippen LogP) is 10.8. The summed E-state index contributed by atoms with van der Waals surface area (Å²) in [4.78, 5) is 0. The fraction of sp³-hybridized carbons (Fsp3) is 0.0400. The maximum Gasteiger partial charge on any atom is 0.179 e. The molecule has 0 spiro atoms. The molecule has 0 amide bonds. The van der Waals surface area contributed by atoms with Crippen LogP contribution < -0.4 is 20.7 Å². The van der Waals surface area contributed by atoms with Gasteiger partial charge in [0.2, 0.25) is 0 Å². The van der Waals surface area contributed by atoms with Crippen LogP contribution in [0.5, 0.6) is 0 Å². The van der Waals surface area contributed by atoms with E-state index in [2.05, 4.69) is 196 Å². The second kappa shape index (κ2) is 12.4. The van der Waals surface area contributed by atoms with Crippen molar-refractivity contribution < 1.29 is 8.83 Å². The molecule has 10 rings (SSSR count). The summed E-state index contributed by atoms with van der Waals surface area (Å²) in [6, 6.07) is 66.3. The van der Waals surface area contributed by atoms with Crippen LogP contribution in [0.1, 0.15) is 11.1 Å². The first-order chi connectivity index (χ1) is 26.1. The first kappa shape index (κ1) is 31.3. The molecule has 0 fully saturated rings. The van der Waals surface area contributed by atoms with Crippen molar-refractivity contribution in [3.05, 3.63) is 193 Å². The zero-order valence-corrected chi connectivity index (χ0v) is 30.6. The van der Waals surface area contributed by atoms with Gasteiger partial charge in [0.1, 0.15) is 22.3 Å². The number of fused-ring (bicyclic) bond motifs is 6. The first-order valence-electron chi connectivity index (χ1n) is 18.3. The molecule has 0 aliphatic heterocycles. The van der Waals surface area contributed by atoms with Crippen LogP contribution in [0.25, 0.3) is 66.1 Å². The molecule has 2 heterocycles. The molecule has 2 aromatic heterocycles.